The Bertz CT molecular complexity index is 849. The summed E-state index contributed by atoms with van der Waals surface area (Å²) in [6, 6.07) is 4.74. The fourth-order valence-electron chi connectivity index (χ4n) is 3.56. The van der Waals surface area contributed by atoms with Crippen molar-refractivity contribution in [2.75, 3.05) is 7.11 Å². The first-order valence-electron chi connectivity index (χ1n) is 8.96. The van der Waals surface area contributed by atoms with E-state index in [1.165, 1.54) is 19.2 Å². The Morgan fingerprint density at radius 2 is 1.26 bits per heavy atom. The predicted molar refractivity (Wildman–Crippen MR) is 90.5 cm³/mol. The van der Waals surface area contributed by atoms with E-state index in [0.717, 1.165) is 37.8 Å². The van der Waals surface area contributed by atoms with Gasteiger partial charge in [-0.15, -0.1) is 0 Å². The number of esters is 1. The molecule has 0 heterocycles. The van der Waals surface area contributed by atoms with E-state index >= 15 is 0 Å². The lowest BCUT2D eigenvalue weighted by Gasteiger charge is -2.19. The van der Waals surface area contributed by atoms with Crippen LogP contribution in [0.4, 0.5) is 17.6 Å². The van der Waals surface area contributed by atoms with Crippen LogP contribution in [0.1, 0.15) is 65.7 Å². The van der Waals surface area contributed by atoms with Gasteiger partial charge >= 0.3 is 5.97 Å². The van der Waals surface area contributed by atoms with Crippen molar-refractivity contribution in [2.45, 2.75) is 43.4 Å². The number of carbonyl (C=O) groups is 1. The Kier molecular flexibility index (Phi) is 4.44. The minimum Gasteiger partial charge on any atom is -0.468 e. The van der Waals surface area contributed by atoms with Crippen LogP contribution in [0, 0.1) is 23.3 Å². The Morgan fingerprint density at radius 1 is 0.852 bits per heavy atom. The summed E-state index contributed by atoms with van der Waals surface area (Å²) in [4.78, 5) is 12.4. The van der Waals surface area contributed by atoms with Crippen LogP contribution in [-0.4, -0.2) is 13.1 Å². The van der Waals surface area contributed by atoms with Crippen molar-refractivity contribution in [3.05, 3.63) is 69.8 Å². The standard InChI is InChI=1S/C21H18F4O2/c1-27-21(26)18(12-6-14(10-2-3-10)19(24)16(22)8-12)13-7-15(11-4-5-11)20(25)17(23)9-13/h6-11,18H,2-5H2,1H3. The maximum atomic E-state index is 14.2. The molecule has 2 aromatic carbocycles. The van der Waals surface area contributed by atoms with Gasteiger partial charge in [0.15, 0.2) is 23.3 Å². The van der Waals surface area contributed by atoms with E-state index in [9.17, 15) is 22.4 Å². The van der Waals surface area contributed by atoms with E-state index in [4.69, 9.17) is 4.74 Å². The van der Waals surface area contributed by atoms with Gasteiger partial charge in [-0.2, -0.15) is 0 Å². The van der Waals surface area contributed by atoms with E-state index in [2.05, 4.69) is 0 Å². The van der Waals surface area contributed by atoms with E-state index in [0.29, 0.717) is 0 Å². The molecule has 27 heavy (non-hydrogen) atoms. The summed E-state index contributed by atoms with van der Waals surface area (Å²) in [5, 5.41) is 0. The molecule has 4 rings (SSSR count). The van der Waals surface area contributed by atoms with E-state index in [1.54, 1.807) is 0 Å². The molecule has 0 N–H and O–H groups in total. The number of hydrogen-bond acceptors (Lipinski definition) is 2. The number of rotatable bonds is 5. The van der Waals surface area contributed by atoms with Crippen LogP contribution >= 0.6 is 0 Å². The average molecular weight is 378 g/mol. The highest BCUT2D eigenvalue weighted by atomic mass is 19.2. The molecule has 0 atom stereocenters. The Hall–Kier alpha value is -2.37. The van der Waals surface area contributed by atoms with Gasteiger partial charge in [0.2, 0.25) is 0 Å². The van der Waals surface area contributed by atoms with Gasteiger partial charge in [0.25, 0.3) is 0 Å². The molecule has 2 aliphatic carbocycles. The summed E-state index contributed by atoms with van der Waals surface area (Å²) in [7, 11) is 1.17. The minimum absolute atomic E-state index is 0.0790. The van der Waals surface area contributed by atoms with Gasteiger partial charge in [-0.3, -0.25) is 4.79 Å². The predicted octanol–water partition coefficient (Wildman–Crippen LogP) is 5.30. The third-order valence-corrected chi connectivity index (χ3v) is 5.30. The number of benzene rings is 2. The van der Waals surface area contributed by atoms with Crippen LogP contribution in [0.25, 0.3) is 0 Å². The molecule has 6 heteroatoms. The molecule has 0 aromatic heterocycles. The highest BCUT2D eigenvalue weighted by molar-refractivity contribution is 5.82. The molecular weight excluding hydrogens is 360 g/mol. The summed E-state index contributed by atoms with van der Waals surface area (Å²) in [5.74, 6) is -6.02. The van der Waals surface area contributed by atoms with Crippen LogP contribution < -0.4 is 0 Å². The normalized spacial score (nSPS) is 16.7. The average Bonchev–Trinajstić information content (AvgIpc) is 3.53. The molecule has 0 aliphatic heterocycles. The molecule has 2 nitrogen and oxygen atoms in total. The smallest absolute Gasteiger partial charge is 0.317 e. The quantitative estimate of drug-likeness (QED) is 0.521. The minimum atomic E-state index is -1.16. The van der Waals surface area contributed by atoms with Gasteiger partial charge in [0.1, 0.15) is 5.92 Å². The van der Waals surface area contributed by atoms with Crippen LogP contribution in [0.5, 0.6) is 0 Å². The number of hydrogen-bond donors (Lipinski definition) is 0. The highest BCUT2D eigenvalue weighted by Crippen LogP contribution is 2.45. The zero-order valence-corrected chi connectivity index (χ0v) is 14.7. The Morgan fingerprint density at radius 3 is 1.59 bits per heavy atom. The zero-order valence-electron chi connectivity index (χ0n) is 14.7. The van der Waals surface area contributed by atoms with Gasteiger partial charge in [-0.05, 0) is 71.9 Å². The summed E-state index contributed by atoms with van der Waals surface area (Å²) in [6.07, 6.45) is 3.00. The first-order valence-corrected chi connectivity index (χ1v) is 8.96. The van der Waals surface area contributed by atoms with Crippen molar-refractivity contribution in [1.29, 1.82) is 0 Å². The number of ether oxygens (including phenoxy) is 1. The molecule has 2 aliphatic rings. The lowest BCUT2D eigenvalue weighted by Crippen LogP contribution is -2.17. The third kappa shape index (κ3) is 3.33. The van der Waals surface area contributed by atoms with Gasteiger partial charge < -0.3 is 4.74 Å². The van der Waals surface area contributed by atoms with E-state index in [-0.39, 0.29) is 34.1 Å². The van der Waals surface area contributed by atoms with Crippen molar-refractivity contribution in [1.82, 2.24) is 0 Å². The molecule has 0 saturated heterocycles. The second-order valence-electron chi connectivity index (χ2n) is 7.32. The fraction of sp³-hybridized carbons (Fsp3) is 0.381. The highest BCUT2D eigenvalue weighted by Gasteiger charge is 2.34. The monoisotopic (exact) mass is 378 g/mol. The van der Waals surface area contributed by atoms with Crippen molar-refractivity contribution in [3.8, 4) is 0 Å². The molecule has 0 spiro atoms. The van der Waals surface area contributed by atoms with Gasteiger partial charge in [0, 0.05) is 0 Å². The first-order chi connectivity index (χ1) is 12.9. The molecule has 2 saturated carbocycles. The summed E-state index contributed by atoms with van der Waals surface area (Å²) >= 11 is 0. The molecule has 142 valence electrons. The first kappa shape index (κ1) is 18.0. The maximum Gasteiger partial charge on any atom is 0.317 e. The maximum absolute atomic E-state index is 14.2. The Labute approximate surface area is 154 Å². The summed E-state index contributed by atoms with van der Waals surface area (Å²) in [6.45, 7) is 0. The second-order valence-corrected chi connectivity index (χ2v) is 7.32. The molecule has 2 fully saturated rings. The van der Waals surface area contributed by atoms with Crippen molar-refractivity contribution < 1.29 is 27.1 Å². The molecule has 2 aromatic rings. The van der Waals surface area contributed by atoms with Crippen LogP contribution in [0.15, 0.2) is 24.3 Å². The SMILES string of the molecule is COC(=O)C(c1cc(F)c(F)c(C2CC2)c1)c1cc(F)c(F)c(C2CC2)c1. The fourth-order valence-corrected chi connectivity index (χ4v) is 3.56. The topological polar surface area (TPSA) is 26.3 Å². The number of halogens is 4. The van der Waals surface area contributed by atoms with E-state index < -0.39 is 35.2 Å². The largest absolute Gasteiger partial charge is 0.468 e. The summed E-state index contributed by atoms with van der Waals surface area (Å²) in [5.41, 5.74) is 0.776. The van der Waals surface area contributed by atoms with Gasteiger partial charge in [-0.1, -0.05) is 12.1 Å². The molecule has 0 unspecified atom stereocenters. The van der Waals surface area contributed by atoms with Crippen LogP contribution in [0.2, 0.25) is 0 Å². The molecule has 0 bridgehead atoms. The zero-order chi connectivity index (χ0) is 19.3. The molecule has 0 amide bonds. The van der Waals surface area contributed by atoms with Crippen LogP contribution in [0.3, 0.4) is 0 Å². The van der Waals surface area contributed by atoms with Crippen LogP contribution in [-0.2, 0) is 9.53 Å². The van der Waals surface area contributed by atoms with Crippen molar-refractivity contribution in [3.63, 3.8) is 0 Å². The Balaban J connectivity index is 1.85. The molecule has 0 radical (unpaired) electrons. The summed E-state index contributed by atoms with van der Waals surface area (Å²) < 4.78 is 61.4. The second kappa shape index (κ2) is 6.66. The van der Waals surface area contributed by atoms with Crippen molar-refractivity contribution >= 4 is 5.97 Å². The lowest BCUT2D eigenvalue weighted by atomic mass is 9.87. The third-order valence-electron chi connectivity index (χ3n) is 5.30. The van der Waals surface area contributed by atoms with E-state index in [1.807, 2.05) is 0 Å². The number of methoxy groups -OCH3 is 1. The number of carbonyl (C=O) groups excluding carboxylic acids is 1. The molecular formula is C21H18F4O2. The van der Waals surface area contributed by atoms with Crippen molar-refractivity contribution in [2.24, 2.45) is 0 Å². The van der Waals surface area contributed by atoms with Gasteiger partial charge in [-0.25, -0.2) is 17.6 Å². The van der Waals surface area contributed by atoms with Gasteiger partial charge in [0.05, 0.1) is 7.11 Å². The lowest BCUT2D eigenvalue weighted by molar-refractivity contribution is -0.141.